The monoisotopic (exact) mass is 898 g/mol. The van der Waals surface area contributed by atoms with Crippen molar-refractivity contribution in [3.63, 3.8) is 0 Å². The molecule has 0 bridgehead atoms. The van der Waals surface area contributed by atoms with Crippen LogP contribution in [-0.4, -0.2) is 19.9 Å². The van der Waals surface area contributed by atoms with Gasteiger partial charge in [0, 0.05) is 58.8 Å². The Bertz CT molecular complexity index is 2020. The van der Waals surface area contributed by atoms with Gasteiger partial charge in [-0.2, -0.15) is 0 Å². The number of benzene rings is 3. The van der Waals surface area contributed by atoms with Crippen LogP contribution >= 0.6 is 7.81 Å². The number of hydrogen-bond donors (Lipinski definition) is 0. The van der Waals surface area contributed by atoms with Gasteiger partial charge in [0.25, 0.3) is 0 Å². The van der Waals surface area contributed by atoms with E-state index in [1.54, 1.807) is 61.2 Å². The van der Waals surface area contributed by atoms with Crippen molar-refractivity contribution in [2.45, 2.75) is 0 Å². The summed E-state index contributed by atoms with van der Waals surface area (Å²) in [5, 5.41) is 2.28. The van der Waals surface area contributed by atoms with Crippen LogP contribution < -0.4 is 0 Å². The molecular weight excluding hydrogens is 878 g/mol. The fourth-order valence-electron chi connectivity index (χ4n) is 3.98. The molecule has 7 aromatic rings. The van der Waals surface area contributed by atoms with Gasteiger partial charge in [-0.05, 0) is 35.7 Å². The molecule has 0 aliphatic carbocycles. The van der Waals surface area contributed by atoms with Crippen molar-refractivity contribution in [1.29, 1.82) is 0 Å². The zero-order chi connectivity index (χ0) is 35.7. The van der Waals surface area contributed by atoms with Crippen molar-refractivity contribution in [3.8, 4) is 22.5 Å². The molecule has 0 aliphatic heterocycles. The van der Waals surface area contributed by atoms with Gasteiger partial charge in [-0.3, -0.25) is 27.5 Å². The Morgan fingerprint density at radius 2 is 0.820 bits per heavy atom. The van der Waals surface area contributed by atoms with Crippen LogP contribution in [0.5, 0.6) is 0 Å². The molecule has 0 radical (unpaired) electrons. The maximum atomic E-state index is 13.2. The molecule has 260 valence electrons. The van der Waals surface area contributed by atoms with E-state index in [1.807, 2.05) is 12.1 Å². The summed E-state index contributed by atoms with van der Waals surface area (Å²) >= 11 is 0. The van der Waals surface area contributed by atoms with Crippen molar-refractivity contribution in [2.75, 3.05) is 0 Å². The van der Waals surface area contributed by atoms with Crippen LogP contribution in [0.2, 0.25) is 0 Å². The molecule has 0 fully saturated rings. The molecule has 16 heteroatoms. The van der Waals surface area contributed by atoms with Crippen LogP contribution in [0.1, 0.15) is 0 Å². The van der Waals surface area contributed by atoms with E-state index in [0.29, 0.717) is 11.4 Å². The molecule has 0 N–H and O–H groups in total. The third kappa shape index (κ3) is 13.2. The van der Waals surface area contributed by atoms with E-state index in [4.69, 9.17) is 0 Å². The predicted molar refractivity (Wildman–Crippen MR) is 167 cm³/mol. The van der Waals surface area contributed by atoms with E-state index in [1.165, 1.54) is 0 Å². The minimum Gasteiger partial charge on any atom is -0.305 e. The second kappa shape index (κ2) is 15.8. The molecule has 0 atom stereocenters. The molecule has 0 spiro atoms. The Balaban J connectivity index is 0.000000184. The van der Waals surface area contributed by atoms with Gasteiger partial charge in [-0.25, -0.2) is 0 Å². The third-order valence-corrected chi connectivity index (χ3v) is 5.90. The average molecular weight is 898 g/mol. The van der Waals surface area contributed by atoms with Crippen molar-refractivity contribution in [1.82, 2.24) is 19.9 Å². The Morgan fingerprint density at radius 3 is 1.14 bits per heavy atom. The second-order valence-corrected chi connectivity index (χ2v) is 11.6. The van der Waals surface area contributed by atoms with Crippen LogP contribution in [0.15, 0.2) is 122 Å². The van der Waals surface area contributed by atoms with Gasteiger partial charge in [0.05, 0.1) is 11.0 Å². The van der Waals surface area contributed by atoms with Gasteiger partial charge >= 0.3 is 53.1 Å². The fourth-order valence-corrected chi connectivity index (χ4v) is 3.98. The number of fused-ring (bicyclic) bond motifs is 3. The molecule has 50 heavy (non-hydrogen) atoms. The third-order valence-electron chi connectivity index (χ3n) is 5.90. The zero-order valence-electron chi connectivity index (χ0n) is 24.9. The summed E-state index contributed by atoms with van der Waals surface area (Å²) in [5.74, 6) is -2.57. The molecule has 4 heterocycles. The number of halogens is 10. The topological polar surface area (TPSA) is 51.6 Å². The first kappa shape index (κ1) is 39.6. The van der Waals surface area contributed by atoms with E-state index in [0.717, 1.165) is 46.1 Å². The Morgan fingerprint density at radius 1 is 0.460 bits per heavy atom. The summed E-state index contributed by atoms with van der Waals surface area (Å²) in [4.78, 5) is 16.6. The smallest absolute Gasteiger partial charge is 0.305 e. The Labute approximate surface area is 291 Å². The number of rotatable bonds is 2. The normalized spacial score (nSPS) is 12.0. The van der Waals surface area contributed by atoms with E-state index in [2.05, 4.69) is 56.3 Å². The van der Waals surface area contributed by atoms with Crippen molar-refractivity contribution < 1.29 is 62.8 Å². The minimum atomic E-state index is -10.7. The summed E-state index contributed by atoms with van der Waals surface area (Å²) in [6.45, 7) is 0. The first-order chi connectivity index (χ1) is 22.9. The van der Waals surface area contributed by atoms with Crippen LogP contribution in [0.3, 0.4) is 0 Å². The number of pyridine rings is 4. The summed E-state index contributed by atoms with van der Waals surface area (Å²) in [6, 6.07) is 31.2. The minimum absolute atomic E-state index is 0. The Hall–Kier alpha value is -4.84. The number of aromatic nitrogens is 4. The van der Waals surface area contributed by atoms with E-state index in [9.17, 15) is 42.7 Å². The van der Waals surface area contributed by atoms with Crippen LogP contribution in [0.25, 0.3) is 44.3 Å². The maximum Gasteiger partial charge on any atom is 3.00 e. The summed E-state index contributed by atoms with van der Waals surface area (Å²) < 4.78 is 111. The number of nitrogens with zero attached hydrogens (tertiary/aromatic N) is 4. The molecule has 0 amide bonds. The van der Waals surface area contributed by atoms with Crippen molar-refractivity contribution in [2.24, 2.45) is 0 Å². The standard InChI is InChI=1S/C12H8N2.2C11H6F2N.F6P.Ir/c1-3-9-5-6-10-4-2-8-14-12(10)11(9)13-7-1;2*12-8-4-5-9(10(13)7-8)11-3-1-2-6-14-11;1-7(2,3,4,5)6;/h1-8H;2*1-4,6-7H;;/q;3*-1;+3. The van der Waals surface area contributed by atoms with Gasteiger partial charge in [0.15, 0.2) is 0 Å². The Kier molecular flexibility index (Phi) is 12.5. The molecule has 4 aromatic heterocycles. The molecule has 0 aliphatic rings. The van der Waals surface area contributed by atoms with Gasteiger partial charge in [-0.15, -0.1) is 24.3 Å². The predicted octanol–water partition coefficient (Wildman–Crippen LogP) is 11.8. The average Bonchev–Trinajstić information content (AvgIpc) is 3.05. The molecular formula is C34H20F10IrN4P. The van der Waals surface area contributed by atoms with Crippen LogP contribution in [0.4, 0.5) is 42.7 Å². The van der Waals surface area contributed by atoms with Gasteiger partial charge in [0.2, 0.25) is 0 Å². The van der Waals surface area contributed by atoms with E-state index in [-0.39, 0.29) is 31.2 Å². The summed E-state index contributed by atoms with van der Waals surface area (Å²) in [7, 11) is -10.7. The summed E-state index contributed by atoms with van der Waals surface area (Å²) in [6.07, 6.45) is 6.70. The first-order valence-corrected chi connectivity index (χ1v) is 15.7. The quantitative estimate of drug-likeness (QED) is 0.0751. The molecule has 0 saturated carbocycles. The van der Waals surface area contributed by atoms with Gasteiger partial charge in [-0.1, -0.05) is 71.8 Å². The molecule has 0 saturated heterocycles. The van der Waals surface area contributed by atoms with E-state index >= 15 is 0 Å². The molecule has 0 unspecified atom stereocenters. The summed E-state index contributed by atoms with van der Waals surface area (Å²) in [5.41, 5.74) is 3.23. The fraction of sp³-hybridized carbons (Fsp3) is 0. The van der Waals surface area contributed by atoms with Crippen molar-refractivity contribution >= 4 is 29.6 Å². The van der Waals surface area contributed by atoms with E-state index < -0.39 is 31.1 Å². The van der Waals surface area contributed by atoms with Crippen LogP contribution in [-0.2, 0) is 20.1 Å². The number of hydrogen-bond acceptors (Lipinski definition) is 4. The largest absolute Gasteiger partial charge is 3.00 e. The first-order valence-electron chi connectivity index (χ1n) is 13.7. The van der Waals surface area contributed by atoms with Crippen molar-refractivity contribution in [3.05, 3.63) is 157 Å². The van der Waals surface area contributed by atoms with Gasteiger partial charge < -0.3 is 9.97 Å². The maximum absolute atomic E-state index is 13.2. The SMILES string of the molecule is F[P-](F)(F)(F)(F)F.Fc1c[c-]c(-c2ccccn2)c(F)c1.Fc1c[c-]c(-c2ccccn2)c(F)c1.[Ir+3].c1cnc2c(c1)ccc1cccnc12. The van der Waals surface area contributed by atoms with Gasteiger partial charge in [0.1, 0.15) is 0 Å². The molecule has 3 aromatic carbocycles. The molecule has 7 rings (SSSR count). The second-order valence-electron chi connectivity index (χ2n) is 9.69. The zero-order valence-corrected chi connectivity index (χ0v) is 28.2. The molecule has 4 nitrogen and oxygen atoms in total. The van der Waals surface area contributed by atoms with Crippen LogP contribution in [0, 0.1) is 35.4 Å².